The van der Waals surface area contributed by atoms with Crippen LogP contribution in [-0.4, -0.2) is 18.0 Å². The first-order valence-corrected chi connectivity index (χ1v) is 7.28. The Hall–Kier alpha value is 0.140. The minimum absolute atomic E-state index is 0.835. The average molecular weight is 288 g/mol. The first-order valence-electron chi connectivity index (χ1n) is 5.61. The van der Waals surface area contributed by atoms with Gasteiger partial charge in [0.15, 0.2) is 0 Å². The van der Waals surface area contributed by atoms with Crippen LogP contribution in [0.3, 0.4) is 0 Å². The van der Waals surface area contributed by atoms with Crippen molar-refractivity contribution < 1.29 is 0 Å². The van der Waals surface area contributed by atoms with Gasteiger partial charge in [0.1, 0.15) is 0 Å². The molecule has 0 radical (unpaired) electrons. The van der Waals surface area contributed by atoms with Gasteiger partial charge in [-0.25, -0.2) is 0 Å². The summed E-state index contributed by atoms with van der Waals surface area (Å²) in [6.45, 7) is 8.36. The molecule has 1 aromatic heterocycles. The molecule has 0 aliphatic carbocycles. The van der Waals surface area contributed by atoms with Crippen molar-refractivity contribution in [2.75, 3.05) is 13.1 Å². The molecule has 1 aliphatic rings. The summed E-state index contributed by atoms with van der Waals surface area (Å²) < 4.78 is 1.28. The van der Waals surface area contributed by atoms with E-state index < -0.39 is 0 Å². The predicted molar refractivity (Wildman–Crippen MR) is 70.2 cm³/mol. The van der Waals surface area contributed by atoms with Crippen LogP contribution in [0, 0.1) is 11.8 Å². The van der Waals surface area contributed by atoms with Crippen molar-refractivity contribution in [2.45, 2.75) is 26.8 Å². The van der Waals surface area contributed by atoms with Crippen LogP contribution < -0.4 is 0 Å². The number of nitrogens with zero attached hydrogens (tertiary/aromatic N) is 1. The Labute approximate surface area is 105 Å². The summed E-state index contributed by atoms with van der Waals surface area (Å²) in [5.41, 5.74) is 0. The molecule has 3 heteroatoms. The standard InChI is InChI=1S/C12H18BrNS/c1-9(2)10-3-5-14(7-10)8-12-11(13)4-6-15-12/h4,6,9-10H,3,5,7-8H2,1-2H3. The van der Waals surface area contributed by atoms with Gasteiger partial charge < -0.3 is 0 Å². The van der Waals surface area contributed by atoms with Gasteiger partial charge in [0.25, 0.3) is 0 Å². The van der Waals surface area contributed by atoms with E-state index in [0.717, 1.165) is 18.4 Å². The van der Waals surface area contributed by atoms with Crippen LogP contribution in [0.2, 0.25) is 0 Å². The lowest BCUT2D eigenvalue weighted by molar-refractivity contribution is 0.298. The molecule has 1 nitrogen and oxygen atoms in total. The predicted octanol–water partition coefficient (Wildman–Crippen LogP) is 3.99. The van der Waals surface area contributed by atoms with E-state index >= 15 is 0 Å². The second-order valence-corrected chi connectivity index (χ2v) is 6.57. The fraction of sp³-hybridized carbons (Fsp3) is 0.667. The number of hydrogen-bond acceptors (Lipinski definition) is 2. The fourth-order valence-electron chi connectivity index (χ4n) is 2.19. The first-order chi connectivity index (χ1) is 7.16. The van der Waals surface area contributed by atoms with E-state index in [1.54, 1.807) is 0 Å². The van der Waals surface area contributed by atoms with E-state index in [9.17, 15) is 0 Å². The van der Waals surface area contributed by atoms with E-state index in [4.69, 9.17) is 0 Å². The molecule has 2 heterocycles. The van der Waals surface area contributed by atoms with Gasteiger partial charge in [0, 0.05) is 22.4 Å². The van der Waals surface area contributed by atoms with Crippen LogP contribution >= 0.6 is 27.3 Å². The van der Waals surface area contributed by atoms with Crippen LogP contribution in [-0.2, 0) is 6.54 Å². The molecule has 1 aromatic rings. The highest BCUT2D eigenvalue weighted by molar-refractivity contribution is 9.10. The number of rotatable bonds is 3. The fourth-order valence-corrected chi connectivity index (χ4v) is 3.71. The average Bonchev–Trinajstić information content (AvgIpc) is 2.77. The number of likely N-dealkylation sites (tertiary alicyclic amines) is 1. The van der Waals surface area contributed by atoms with Crippen LogP contribution in [0.5, 0.6) is 0 Å². The Morgan fingerprint density at radius 1 is 1.60 bits per heavy atom. The molecular weight excluding hydrogens is 270 g/mol. The van der Waals surface area contributed by atoms with Crippen molar-refractivity contribution in [3.8, 4) is 0 Å². The molecule has 0 aromatic carbocycles. The molecule has 0 saturated carbocycles. The number of halogens is 1. The van der Waals surface area contributed by atoms with Crippen molar-refractivity contribution in [3.63, 3.8) is 0 Å². The van der Waals surface area contributed by atoms with Crippen LogP contribution in [0.15, 0.2) is 15.9 Å². The molecule has 0 amide bonds. The largest absolute Gasteiger partial charge is 0.298 e. The lowest BCUT2D eigenvalue weighted by Gasteiger charge is -2.17. The molecule has 15 heavy (non-hydrogen) atoms. The smallest absolute Gasteiger partial charge is 0.0339 e. The van der Waals surface area contributed by atoms with Gasteiger partial charge in [0.2, 0.25) is 0 Å². The molecule has 1 atom stereocenters. The molecular formula is C12H18BrNS. The quantitative estimate of drug-likeness (QED) is 0.813. The Bertz CT molecular complexity index is 321. The van der Waals surface area contributed by atoms with Crippen molar-refractivity contribution in [3.05, 3.63) is 20.8 Å². The van der Waals surface area contributed by atoms with E-state index in [2.05, 4.69) is 46.1 Å². The molecule has 0 spiro atoms. The number of hydrogen-bond donors (Lipinski definition) is 0. The first kappa shape index (κ1) is 11.6. The summed E-state index contributed by atoms with van der Waals surface area (Å²) in [5.74, 6) is 1.74. The lowest BCUT2D eigenvalue weighted by atomic mass is 9.95. The third kappa shape index (κ3) is 2.83. The molecule has 84 valence electrons. The van der Waals surface area contributed by atoms with Crippen molar-refractivity contribution >= 4 is 27.3 Å². The van der Waals surface area contributed by atoms with Crippen LogP contribution in [0.25, 0.3) is 0 Å². The van der Waals surface area contributed by atoms with Gasteiger partial charge in [-0.3, -0.25) is 4.90 Å². The minimum Gasteiger partial charge on any atom is -0.298 e. The third-order valence-corrected chi connectivity index (χ3v) is 5.22. The SMILES string of the molecule is CC(C)C1CCN(Cc2sccc2Br)C1. The van der Waals surface area contributed by atoms with Gasteiger partial charge in [-0.05, 0) is 52.2 Å². The van der Waals surface area contributed by atoms with E-state index in [1.807, 2.05) is 11.3 Å². The third-order valence-electron chi connectivity index (χ3n) is 3.31. The van der Waals surface area contributed by atoms with Gasteiger partial charge >= 0.3 is 0 Å². The molecule has 2 rings (SSSR count). The lowest BCUT2D eigenvalue weighted by Crippen LogP contribution is -2.21. The number of thiophene rings is 1. The van der Waals surface area contributed by atoms with Crippen LogP contribution in [0.1, 0.15) is 25.1 Å². The maximum atomic E-state index is 3.60. The summed E-state index contributed by atoms with van der Waals surface area (Å²) in [6.07, 6.45) is 1.38. The van der Waals surface area contributed by atoms with Crippen molar-refractivity contribution in [2.24, 2.45) is 11.8 Å². The maximum absolute atomic E-state index is 3.60. The summed E-state index contributed by atoms with van der Waals surface area (Å²) in [4.78, 5) is 4.06. The Balaban J connectivity index is 1.90. The summed E-state index contributed by atoms with van der Waals surface area (Å²) in [7, 11) is 0. The highest BCUT2D eigenvalue weighted by Gasteiger charge is 2.25. The van der Waals surface area contributed by atoms with Gasteiger partial charge in [-0.2, -0.15) is 0 Å². The summed E-state index contributed by atoms with van der Waals surface area (Å²) >= 11 is 5.46. The molecule has 1 fully saturated rings. The maximum Gasteiger partial charge on any atom is 0.0339 e. The van der Waals surface area contributed by atoms with Gasteiger partial charge in [0.05, 0.1) is 0 Å². The zero-order chi connectivity index (χ0) is 10.8. The van der Waals surface area contributed by atoms with E-state index in [-0.39, 0.29) is 0 Å². The van der Waals surface area contributed by atoms with E-state index in [1.165, 1.54) is 28.9 Å². The zero-order valence-corrected chi connectivity index (χ0v) is 11.8. The molecule has 0 N–H and O–H groups in total. The highest BCUT2D eigenvalue weighted by Crippen LogP contribution is 2.29. The summed E-state index contributed by atoms with van der Waals surface area (Å²) in [6, 6.07) is 2.15. The monoisotopic (exact) mass is 287 g/mol. The second-order valence-electron chi connectivity index (χ2n) is 4.72. The van der Waals surface area contributed by atoms with Gasteiger partial charge in [-0.15, -0.1) is 11.3 Å². The van der Waals surface area contributed by atoms with E-state index in [0.29, 0.717) is 0 Å². The Morgan fingerprint density at radius 3 is 2.93 bits per heavy atom. The highest BCUT2D eigenvalue weighted by atomic mass is 79.9. The summed E-state index contributed by atoms with van der Waals surface area (Å²) in [5, 5.41) is 2.16. The molecule has 1 unspecified atom stereocenters. The normalized spacial score (nSPS) is 22.8. The molecule has 0 bridgehead atoms. The van der Waals surface area contributed by atoms with Crippen LogP contribution in [0.4, 0.5) is 0 Å². The zero-order valence-electron chi connectivity index (χ0n) is 9.37. The molecule has 1 aliphatic heterocycles. The van der Waals surface area contributed by atoms with Crippen molar-refractivity contribution in [1.29, 1.82) is 0 Å². The Kier molecular flexibility index (Phi) is 3.86. The van der Waals surface area contributed by atoms with Gasteiger partial charge in [-0.1, -0.05) is 13.8 Å². The Morgan fingerprint density at radius 2 is 2.40 bits per heavy atom. The molecule has 1 saturated heterocycles. The van der Waals surface area contributed by atoms with Crippen molar-refractivity contribution in [1.82, 2.24) is 4.90 Å². The minimum atomic E-state index is 0.835. The topological polar surface area (TPSA) is 3.24 Å². The second kappa shape index (κ2) is 4.98.